The summed E-state index contributed by atoms with van der Waals surface area (Å²) >= 11 is 0. The Bertz CT molecular complexity index is 575. The molecule has 0 saturated heterocycles. The van der Waals surface area contributed by atoms with Gasteiger partial charge in [-0.25, -0.2) is 9.50 Å². The molecule has 18 heavy (non-hydrogen) atoms. The van der Waals surface area contributed by atoms with Crippen LogP contribution in [0.15, 0.2) is 12.3 Å². The second-order valence-corrected chi connectivity index (χ2v) is 4.19. The van der Waals surface area contributed by atoms with Crippen LogP contribution in [0.4, 0.5) is 0 Å². The van der Waals surface area contributed by atoms with E-state index < -0.39 is 0 Å². The third-order valence-corrected chi connectivity index (χ3v) is 2.68. The number of aromatic nitrogens is 3. The summed E-state index contributed by atoms with van der Waals surface area (Å²) in [5, 5.41) is 9.98. The molecule has 1 amide bonds. The summed E-state index contributed by atoms with van der Waals surface area (Å²) in [6.07, 6.45) is 1.56. The van der Waals surface area contributed by atoms with Crippen molar-refractivity contribution in [2.24, 2.45) is 0 Å². The molecule has 0 bridgehead atoms. The van der Waals surface area contributed by atoms with Crippen LogP contribution in [0.5, 0.6) is 0 Å². The number of aryl methyl sites for hydroxylation is 2. The number of nitrogens with zero attached hydrogens (tertiary/aromatic N) is 3. The number of amides is 1. The van der Waals surface area contributed by atoms with Crippen LogP contribution >= 0.6 is 0 Å². The van der Waals surface area contributed by atoms with Gasteiger partial charge in [0.1, 0.15) is 5.56 Å². The molecule has 0 aliphatic rings. The van der Waals surface area contributed by atoms with Crippen molar-refractivity contribution in [3.05, 3.63) is 29.2 Å². The average molecular weight is 247 g/mol. The molecule has 96 valence electrons. The molecule has 0 aliphatic carbocycles. The standard InChI is InChI=1S/C12H17N5O/c1-8-6-9(2)17-11(16-8)10(7-15-17)12(18)14-5-4-13-3/h6-7,13H,4-5H2,1-3H3,(H,14,18). The van der Waals surface area contributed by atoms with E-state index in [1.54, 1.807) is 10.7 Å². The van der Waals surface area contributed by atoms with E-state index >= 15 is 0 Å². The molecule has 2 aromatic rings. The first-order chi connectivity index (χ1) is 8.63. The van der Waals surface area contributed by atoms with Crippen LogP contribution in [-0.2, 0) is 0 Å². The molecule has 2 aromatic heterocycles. The van der Waals surface area contributed by atoms with Crippen molar-refractivity contribution in [2.45, 2.75) is 13.8 Å². The Labute approximate surface area is 105 Å². The molecule has 2 heterocycles. The van der Waals surface area contributed by atoms with Gasteiger partial charge in [0.15, 0.2) is 5.65 Å². The molecule has 0 spiro atoms. The lowest BCUT2D eigenvalue weighted by molar-refractivity contribution is 0.0955. The Morgan fingerprint density at radius 2 is 2.17 bits per heavy atom. The second kappa shape index (κ2) is 5.14. The molecule has 0 aromatic carbocycles. The largest absolute Gasteiger partial charge is 0.351 e. The van der Waals surface area contributed by atoms with Crippen molar-refractivity contribution in [3.63, 3.8) is 0 Å². The number of hydrogen-bond acceptors (Lipinski definition) is 4. The Hall–Kier alpha value is -1.95. The van der Waals surface area contributed by atoms with Gasteiger partial charge in [-0.2, -0.15) is 5.10 Å². The van der Waals surface area contributed by atoms with Crippen LogP contribution in [0.3, 0.4) is 0 Å². The van der Waals surface area contributed by atoms with E-state index in [4.69, 9.17) is 0 Å². The molecule has 0 atom stereocenters. The SMILES string of the molecule is CNCCNC(=O)c1cnn2c(C)cc(C)nc12. The van der Waals surface area contributed by atoms with Crippen molar-refractivity contribution >= 4 is 11.6 Å². The molecule has 0 fully saturated rings. The van der Waals surface area contributed by atoms with E-state index in [9.17, 15) is 4.79 Å². The van der Waals surface area contributed by atoms with Gasteiger partial charge in [0, 0.05) is 24.5 Å². The number of likely N-dealkylation sites (N-methyl/N-ethyl adjacent to an activating group) is 1. The molecular formula is C12H17N5O. The highest BCUT2D eigenvalue weighted by atomic mass is 16.1. The lowest BCUT2D eigenvalue weighted by Crippen LogP contribution is -2.30. The summed E-state index contributed by atoms with van der Waals surface area (Å²) in [4.78, 5) is 16.4. The first-order valence-electron chi connectivity index (χ1n) is 5.88. The van der Waals surface area contributed by atoms with Crippen LogP contribution in [0.2, 0.25) is 0 Å². The first kappa shape index (κ1) is 12.5. The monoisotopic (exact) mass is 247 g/mol. The summed E-state index contributed by atoms with van der Waals surface area (Å²) in [6, 6.07) is 1.93. The number of rotatable bonds is 4. The van der Waals surface area contributed by atoms with Crippen LogP contribution in [0.25, 0.3) is 5.65 Å². The normalized spacial score (nSPS) is 10.8. The summed E-state index contributed by atoms with van der Waals surface area (Å²) in [7, 11) is 1.84. The fourth-order valence-corrected chi connectivity index (χ4v) is 1.83. The molecule has 2 N–H and O–H groups in total. The molecule has 6 heteroatoms. The Kier molecular flexibility index (Phi) is 3.57. The third kappa shape index (κ3) is 2.33. The predicted molar refractivity (Wildman–Crippen MR) is 68.7 cm³/mol. The van der Waals surface area contributed by atoms with Gasteiger partial charge in [-0.3, -0.25) is 4.79 Å². The maximum absolute atomic E-state index is 12.0. The summed E-state index contributed by atoms with van der Waals surface area (Å²) < 4.78 is 1.68. The van der Waals surface area contributed by atoms with Gasteiger partial charge in [-0.1, -0.05) is 0 Å². The van der Waals surface area contributed by atoms with Crippen LogP contribution < -0.4 is 10.6 Å². The summed E-state index contributed by atoms with van der Waals surface area (Å²) in [6.45, 7) is 5.16. The lowest BCUT2D eigenvalue weighted by Gasteiger charge is -2.04. The van der Waals surface area contributed by atoms with E-state index in [2.05, 4.69) is 20.7 Å². The number of nitrogens with one attached hydrogen (secondary N) is 2. The maximum atomic E-state index is 12.0. The summed E-state index contributed by atoms with van der Waals surface area (Å²) in [5.74, 6) is -0.141. The Balaban J connectivity index is 2.31. The van der Waals surface area contributed by atoms with E-state index in [1.807, 2.05) is 27.0 Å². The Morgan fingerprint density at radius 1 is 1.39 bits per heavy atom. The molecule has 0 saturated carbocycles. The topological polar surface area (TPSA) is 71.3 Å². The van der Waals surface area contributed by atoms with Crippen molar-refractivity contribution in [1.82, 2.24) is 25.2 Å². The zero-order valence-electron chi connectivity index (χ0n) is 10.8. The van der Waals surface area contributed by atoms with Crippen LogP contribution in [0.1, 0.15) is 21.7 Å². The number of fused-ring (bicyclic) bond motifs is 1. The van der Waals surface area contributed by atoms with Crippen molar-refractivity contribution < 1.29 is 4.79 Å². The quantitative estimate of drug-likeness (QED) is 0.762. The van der Waals surface area contributed by atoms with Crippen molar-refractivity contribution in [2.75, 3.05) is 20.1 Å². The van der Waals surface area contributed by atoms with Gasteiger partial charge in [-0.15, -0.1) is 0 Å². The highest BCUT2D eigenvalue weighted by Crippen LogP contribution is 2.11. The lowest BCUT2D eigenvalue weighted by atomic mass is 10.3. The van der Waals surface area contributed by atoms with Crippen molar-refractivity contribution in [1.29, 1.82) is 0 Å². The van der Waals surface area contributed by atoms with Crippen LogP contribution in [0, 0.1) is 13.8 Å². The number of carbonyl (C=O) groups excluding carboxylic acids is 1. The minimum Gasteiger partial charge on any atom is -0.351 e. The van der Waals surface area contributed by atoms with Crippen molar-refractivity contribution in [3.8, 4) is 0 Å². The zero-order valence-corrected chi connectivity index (χ0v) is 10.8. The predicted octanol–water partition coefficient (Wildman–Crippen LogP) is 0.295. The Morgan fingerprint density at radius 3 is 2.89 bits per heavy atom. The van der Waals surface area contributed by atoms with Gasteiger partial charge in [0.25, 0.3) is 5.91 Å². The number of carbonyl (C=O) groups is 1. The average Bonchev–Trinajstić information content (AvgIpc) is 2.73. The minimum atomic E-state index is -0.141. The molecule has 0 radical (unpaired) electrons. The minimum absolute atomic E-state index is 0.141. The maximum Gasteiger partial charge on any atom is 0.256 e. The number of hydrogen-bond donors (Lipinski definition) is 2. The molecule has 0 aliphatic heterocycles. The first-order valence-corrected chi connectivity index (χ1v) is 5.88. The van der Waals surface area contributed by atoms with E-state index in [1.165, 1.54) is 0 Å². The molecule has 0 unspecified atom stereocenters. The fraction of sp³-hybridized carbons (Fsp3) is 0.417. The molecule has 6 nitrogen and oxygen atoms in total. The van der Waals surface area contributed by atoms with Gasteiger partial charge < -0.3 is 10.6 Å². The second-order valence-electron chi connectivity index (χ2n) is 4.19. The van der Waals surface area contributed by atoms with Gasteiger partial charge in [-0.05, 0) is 27.0 Å². The fourth-order valence-electron chi connectivity index (χ4n) is 1.83. The highest BCUT2D eigenvalue weighted by Gasteiger charge is 2.14. The summed E-state index contributed by atoms with van der Waals surface area (Å²) in [5.41, 5.74) is 2.96. The zero-order chi connectivity index (χ0) is 13.1. The smallest absolute Gasteiger partial charge is 0.256 e. The van der Waals surface area contributed by atoms with Gasteiger partial charge in [0.2, 0.25) is 0 Å². The van der Waals surface area contributed by atoms with E-state index in [0.29, 0.717) is 17.8 Å². The van der Waals surface area contributed by atoms with E-state index in [-0.39, 0.29) is 5.91 Å². The molecular weight excluding hydrogens is 230 g/mol. The van der Waals surface area contributed by atoms with E-state index in [0.717, 1.165) is 17.9 Å². The van der Waals surface area contributed by atoms with Crippen LogP contribution in [-0.4, -0.2) is 40.6 Å². The van der Waals surface area contributed by atoms with Gasteiger partial charge in [0.05, 0.1) is 6.20 Å². The molecule has 2 rings (SSSR count). The van der Waals surface area contributed by atoms with Gasteiger partial charge >= 0.3 is 0 Å². The third-order valence-electron chi connectivity index (χ3n) is 2.68. The highest BCUT2D eigenvalue weighted by molar-refractivity contribution is 5.99.